The predicted molar refractivity (Wildman–Crippen MR) is 169 cm³/mol. The molecular formula is C37H36N2. The second kappa shape index (κ2) is 9.24. The zero-order valence-corrected chi connectivity index (χ0v) is 23.8. The number of aromatic nitrogens is 1. The molecule has 39 heavy (non-hydrogen) atoms. The van der Waals surface area contributed by atoms with Crippen molar-refractivity contribution in [2.45, 2.75) is 52.4 Å². The molecule has 2 nitrogen and oxygen atoms in total. The molecule has 0 saturated heterocycles. The first-order chi connectivity index (χ1) is 18.6. The second-order valence-corrected chi connectivity index (χ2v) is 12.5. The van der Waals surface area contributed by atoms with Crippen LogP contribution in [0, 0.1) is 0 Å². The van der Waals surface area contributed by atoms with Crippen LogP contribution in [0.25, 0.3) is 32.4 Å². The fraction of sp³-hybridized carbons (Fsp3) is 0.216. The minimum absolute atomic E-state index is 0.0707. The van der Waals surface area contributed by atoms with Crippen LogP contribution in [0.5, 0.6) is 0 Å². The van der Waals surface area contributed by atoms with E-state index in [4.69, 9.17) is 4.98 Å². The average Bonchev–Trinajstić information content (AvgIpc) is 2.91. The van der Waals surface area contributed by atoms with Crippen molar-refractivity contribution < 1.29 is 0 Å². The molecule has 0 saturated carbocycles. The number of nitrogens with zero attached hydrogens (tertiary/aromatic N) is 2. The van der Waals surface area contributed by atoms with E-state index in [1.165, 1.54) is 38.1 Å². The molecule has 1 heterocycles. The lowest BCUT2D eigenvalue weighted by molar-refractivity contribution is 0.593. The molecule has 0 spiro atoms. The summed E-state index contributed by atoms with van der Waals surface area (Å²) < 4.78 is 0. The Balaban J connectivity index is 1.77. The molecule has 0 aliphatic rings. The third kappa shape index (κ3) is 4.34. The smallest absolute Gasteiger partial charge is 0.0783 e. The van der Waals surface area contributed by atoms with Crippen LogP contribution in [-0.2, 0) is 10.8 Å². The van der Waals surface area contributed by atoms with E-state index in [9.17, 15) is 0 Å². The Morgan fingerprint density at radius 1 is 0.513 bits per heavy atom. The number of fused-ring (bicyclic) bond motifs is 4. The summed E-state index contributed by atoms with van der Waals surface area (Å²) in [5.41, 5.74) is 7.13. The molecular weight excluding hydrogens is 472 g/mol. The Bertz CT molecular complexity index is 1770. The predicted octanol–water partition coefficient (Wildman–Crippen LogP) is 10.6. The standard InChI is InChI=1S/C37H36N2/c1-36(2,3)33-30-21-19-25-14-13-23-38-35(25)32(30)34(37(4,5)6)29-22-20-28(24-31(29)33)39(26-15-9-7-10-16-26)27-17-11-8-12-18-27/h7-24H,1-6H3. The first kappa shape index (κ1) is 25.1. The van der Waals surface area contributed by atoms with Crippen molar-refractivity contribution in [3.05, 3.63) is 120 Å². The van der Waals surface area contributed by atoms with Crippen LogP contribution in [0.15, 0.2) is 109 Å². The van der Waals surface area contributed by atoms with Gasteiger partial charge in [0.1, 0.15) is 0 Å². The summed E-state index contributed by atoms with van der Waals surface area (Å²) in [6, 6.07) is 37.1. The Morgan fingerprint density at radius 3 is 1.69 bits per heavy atom. The average molecular weight is 509 g/mol. The number of rotatable bonds is 3. The van der Waals surface area contributed by atoms with Crippen LogP contribution in [0.3, 0.4) is 0 Å². The monoisotopic (exact) mass is 508 g/mol. The topological polar surface area (TPSA) is 16.1 Å². The molecule has 0 fully saturated rings. The van der Waals surface area contributed by atoms with Crippen LogP contribution < -0.4 is 4.90 Å². The first-order valence-electron chi connectivity index (χ1n) is 13.8. The number of pyridine rings is 1. The zero-order valence-electron chi connectivity index (χ0n) is 23.8. The summed E-state index contributed by atoms with van der Waals surface area (Å²) in [4.78, 5) is 7.29. The fourth-order valence-corrected chi connectivity index (χ4v) is 6.17. The van der Waals surface area contributed by atoms with E-state index < -0.39 is 0 Å². The normalized spacial score (nSPS) is 12.4. The van der Waals surface area contributed by atoms with Gasteiger partial charge in [-0.1, -0.05) is 102 Å². The zero-order chi connectivity index (χ0) is 27.4. The molecule has 0 unspecified atom stereocenters. The van der Waals surface area contributed by atoms with E-state index >= 15 is 0 Å². The summed E-state index contributed by atoms with van der Waals surface area (Å²) in [6.07, 6.45) is 1.93. The van der Waals surface area contributed by atoms with Crippen molar-refractivity contribution in [2.24, 2.45) is 0 Å². The molecule has 0 amide bonds. The van der Waals surface area contributed by atoms with E-state index in [2.05, 4.69) is 144 Å². The van der Waals surface area contributed by atoms with E-state index in [0.717, 1.165) is 22.6 Å². The third-order valence-electron chi connectivity index (χ3n) is 7.62. The number of hydrogen-bond acceptors (Lipinski definition) is 2. The molecule has 1 aromatic heterocycles. The van der Waals surface area contributed by atoms with Gasteiger partial charge in [0, 0.05) is 34.0 Å². The summed E-state index contributed by atoms with van der Waals surface area (Å²) >= 11 is 0. The van der Waals surface area contributed by atoms with Gasteiger partial charge in [0.05, 0.1) is 5.52 Å². The van der Waals surface area contributed by atoms with Crippen LogP contribution in [-0.4, -0.2) is 4.98 Å². The van der Waals surface area contributed by atoms with Gasteiger partial charge in [-0.25, -0.2) is 0 Å². The molecule has 0 aliphatic carbocycles. The Labute approximate surface area is 231 Å². The maximum atomic E-state index is 4.93. The molecule has 0 N–H and O–H groups in total. The highest BCUT2D eigenvalue weighted by molar-refractivity contribution is 6.17. The maximum Gasteiger partial charge on any atom is 0.0783 e. The second-order valence-electron chi connectivity index (χ2n) is 12.5. The van der Waals surface area contributed by atoms with Crippen molar-refractivity contribution in [1.29, 1.82) is 0 Å². The molecule has 0 aliphatic heterocycles. The molecule has 0 atom stereocenters. The number of hydrogen-bond donors (Lipinski definition) is 0. The van der Waals surface area contributed by atoms with E-state index in [1.807, 2.05) is 12.3 Å². The van der Waals surface area contributed by atoms with E-state index in [-0.39, 0.29) is 10.8 Å². The highest BCUT2D eigenvalue weighted by Crippen LogP contribution is 2.47. The van der Waals surface area contributed by atoms with Crippen molar-refractivity contribution in [3.8, 4) is 0 Å². The van der Waals surface area contributed by atoms with Gasteiger partial charge in [0.2, 0.25) is 0 Å². The lowest BCUT2D eigenvalue weighted by Gasteiger charge is -2.32. The SMILES string of the molecule is CC(C)(C)c1c2cc(N(c3ccccc3)c3ccccc3)ccc2c(C(C)(C)C)c2c1ccc1cccnc12. The first-order valence-corrected chi connectivity index (χ1v) is 13.8. The van der Waals surface area contributed by atoms with Gasteiger partial charge < -0.3 is 4.90 Å². The summed E-state index contributed by atoms with van der Waals surface area (Å²) in [7, 11) is 0. The molecule has 0 bridgehead atoms. The summed E-state index contributed by atoms with van der Waals surface area (Å²) in [5.74, 6) is 0. The fourth-order valence-electron chi connectivity index (χ4n) is 6.17. The number of para-hydroxylation sites is 2. The largest absolute Gasteiger partial charge is 0.310 e. The van der Waals surface area contributed by atoms with Crippen LogP contribution in [0.4, 0.5) is 17.1 Å². The highest BCUT2D eigenvalue weighted by Gasteiger charge is 2.29. The van der Waals surface area contributed by atoms with Crippen molar-refractivity contribution in [1.82, 2.24) is 4.98 Å². The third-order valence-corrected chi connectivity index (χ3v) is 7.62. The molecule has 194 valence electrons. The lowest BCUT2D eigenvalue weighted by Crippen LogP contribution is -2.18. The van der Waals surface area contributed by atoms with Gasteiger partial charge in [-0.15, -0.1) is 0 Å². The van der Waals surface area contributed by atoms with Gasteiger partial charge in [-0.3, -0.25) is 4.98 Å². The van der Waals surface area contributed by atoms with Crippen LogP contribution in [0.1, 0.15) is 52.7 Å². The van der Waals surface area contributed by atoms with Gasteiger partial charge in [-0.05, 0) is 80.6 Å². The van der Waals surface area contributed by atoms with Crippen LogP contribution >= 0.6 is 0 Å². The molecule has 5 aromatic carbocycles. The van der Waals surface area contributed by atoms with Crippen molar-refractivity contribution in [2.75, 3.05) is 4.90 Å². The lowest BCUT2D eigenvalue weighted by atomic mass is 9.73. The Morgan fingerprint density at radius 2 is 1.10 bits per heavy atom. The maximum absolute atomic E-state index is 4.93. The van der Waals surface area contributed by atoms with Gasteiger partial charge in [0.15, 0.2) is 0 Å². The van der Waals surface area contributed by atoms with Gasteiger partial charge in [0.25, 0.3) is 0 Å². The van der Waals surface area contributed by atoms with Crippen LogP contribution in [0.2, 0.25) is 0 Å². The Kier molecular flexibility index (Phi) is 5.95. The molecule has 2 heteroatoms. The number of benzene rings is 5. The van der Waals surface area contributed by atoms with Gasteiger partial charge in [-0.2, -0.15) is 0 Å². The molecule has 0 radical (unpaired) electrons. The minimum Gasteiger partial charge on any atom is -0.310 e. The molecule has 6 rings (SSSR count). The number of anilines is 3. The van der Waals surface area contributed by atoms with Gasteiger partial charge >= 0.3 is 0 Å². The summed E-state index contributed by atoms with van der Waals surface area (Å²) in [6.45, 7) is 14.0. The molecule has 6 aromatic rings. The van der Waals surface area contributed by atoms with E-state index in [0.29, 0.717) is 0 Å². The Hall–Kier alpha value is -4.17. The van der Waals surface area contributed by atoms with E-state index in [1.54, 1.807) is 0 Å². The van der Waals surface area contributed by atoms with Crippen molar-refractivity contribution in [3.63, 3.8) is 0 Å². The highest BCUT2D eigenvalue weighted by atomic mass is 15.1. The van der Waals surface area contributed by atoms with Crippen molar-refractivity contribution >= 4 is 49.5 Å². The summed E-state index contributed by atoms with van der Waals surface area (Å²) in [5, 5.41) is 6.39. The quantitative estimate of drug-likeness (QED) is 0.175. The minimum atomic E-state index is -0.0711.